The Kier molecular flexibility index (Phi) is 6.73. The van der Waals surface area contributed by atoms with Gasteiger partial charge in [0.15, 0.2) is 18.9 Å². The third-order valence-corrected chi connectivity index (χ3v) is 7.10. The van der Waals surface area contributed by atoms with Crippen molar-refractivity contribution in [2.75, 3.05) is 12.9 Å². The van der Waals surface area contributed by atoms with Gasteiger partial charge in [0.2, 0.25) is 4.34 Å². The lowest BCUT2D eigenvalue weighted by Crippen LogP contribution is -2.35. The molecule has 0 aliphatic carbocycles. The van der Waals surface area contributed by atoms with E-state index in [1.807, 2.05) is 35.2 Å². The van der Waals surface area contributed by atoms with E-state index in [4.69, 9.17) is 9.63 Å². The van der Waals surface area contributed by atoms with Crippen LogP contribution >= 0.6 is 18.9 Å². The van der Waals surface area contributed by atoms with E-state index in [1.54, 1.807) is 29.0 Å². The van der Waals surface area contributed by atoms with Crippen LogP contribution in [0.5, 0.6) is 5.75 Å². The average Bonchev–Trinajstić information content (AvgIpc) is 3.19. The highest BCUT2D eigenvalue weighted by Gasteiger charge is 2.22. The first-order chi connectivity index (χ1) is 13.7. The van der Waals surface area contributed by atoms with E-state index in [9.17, 15) is 17.9 Å². The first-order valence-corrected chi connectivity index (χ1v) is 12.3. The predicted molar refractivity (Wildman–Crippen MR) is 102 cm³/mol. The van der Waals surface area contributed by atoms with Crippen LogP contribution in [-0.4, -0.2) is 36.4 Å². The standard InChI is InChI=1S/C16H17N4O6PS2/c21-27(22,23)12-17-29(24,25)16-19-18-15(28-16)13-4-6-14(7-5-13)26-11-10-20-8-2-1-3-9-20/h1-9,17H,10-12H2,(H-,21,22,23). The summed E-state index contributed by atoms with van der Waals surface area (Å²) in [5.74, 6) is 0.651. The number of benzene rings is 1. The van der Waals surface area contributed by atoms with Crippen molar-refractivity contribution in [2.45, 2.75) is 10.9 Å². The van der Waals surface area contributed by atoms with Gasteiger partial charge >= 0.3 is 0 Å². The number of nitrogens with zero attached hydrogens (tertiary/aromatic N) is 3. The van der Waals surface area contributed by atoms with E-state index in [1.165, 1.54) is 0 Å². The highest BCUT2D eigenvalue weighted by atomic mass is 32.2. The topological polar surface area (TPSA) is 145 Å². The van der Waals surface area contributed by atoms with Crippen molar-refractivity contribution in [3.05, 3.63) is 54.9 Å². The molecule has 0 bridgehead atoms. The summed E-state index contributed by atoms with van der Waals surface area (Å²) in [5.41, 5.74) is 0.630. The summed E-state index contributed by atoms with van der Waals surface area (Å²) in [4.78, 5) is 19.4. The van der Waals surface area contributed by atoms with E-state index in [0.717, 1.165) is 11.3 Å². The van der Waals surface area contributed by atoms with Crippen molar-refractivity contribution in [2.24, 2.45) is 0 Å². The zero-order valence-electron chi connectivity index (χ0n) is 14.9. The molecule has 1 atom stereocenters. The fraction of sp³-hybridized carbons (Fsp3) is 0.188. The molecule has 2 heterocycles. The molecule has 0 radical (unpaired) electrons. The molecule has 154 valence electrons. The molecule has 2 N–H and O–H groups in total. The van der Waals surface area contributed by atoms with Crippen LogP contribution in [0.4, 0.5) is 0 Å². The molecule has 0 fully saturated rings. The summed E-state index contributed by atoms with van der Waals surface area (Å²) in [6, 6.07) is 12.7. The summed E-state index contributed by atoms with van der Waals surface area (Å²) in [6.45, 7) is 1.17. The lowest BCUT2D eigenvalue weighted by atomic mass is 10.2. The van der Waals surface area contributed by atoms with E-state index in [0.29, 0.717) is 29.5 Å². The molecule has 0 spiro atoms. The minimum atomic E-state index is -4.77. The molecule has 0 amide bonds. The Hall–Kier alpha value is -2.21. The molecule has 13 heteroatoms. The smallest absolute Gasteiger partial charge is 0.270 e. The number of rotatable bonds is 9. The second-order valence-corrected chi connectivity index (χ2v) is 10.3. The molecule has 0 aliphatic heterocycles. The number of aromatic nitrogens is 3. The largest absolute Gasteiger partial charge is 0.778 e. The van der Waals surface area contributed by atoms with Crippen LogP contribution in [0.1, 0.15) is 0 Å². The maximum absolute atomic E-state index is 12.0. The second kappa shape index (κ2) is 9.08. The van der Waals surface area contributed by atoms with Gasteiger partial charge in [0.1, 0.15) is 25.0 Å². The maximum Gasteiger partial charge on any atom is 0.270 e. The van der Waals surface area contributed by atoms with Crippen LogP contribution in [0.15, 0.2) is 59.2 Å². The third-order valence-electron chi connectivity index (χ3n) is 3.59. The minimum Gasteiger partial charge on any atom is -0.778 e. The summed E-state index contributed by atoms with van der Waals surface area (Å²) in [6.07, 6.45) is 2.77. The molecular weight excluding hydrogens is 439 g/mol. The lowest BCUT2D eigenvalue weighted by Gasteiger charge is -2.14. The van der Waals surface area contributed by atoms with Gasteiger partial charge in [-0.1, -0.05) is 17.4 Å². The van der Waals surface area contributed by atoms with Crippen LogP contribution in [0.25, 0.3) is 10.6 Å². The van der Waals surface area contributed by atoms with Gasteiger partial charge in [0.05, 0.1) is 6.29 Å². The molecule has 10 nitrogen and oxygen atoms in total. The normalized spacial score (nSPS) is 13.7. The molecule has 1 unspecified atom stereocenters. The fourth-order valence-electron chi connectivity index (χ4n) is 2.21. The number of hydrogen-bond acceptors (Lipinski definition) is 8. The molecule has 1 aromatic carbocycles. The van der Waals surface area contributed by atoms with Crippen molar-refractivity contribution < 1.29 is 32.1 Å². The number of ether oxygens (including phenoxy) is 1. The monoisotopic (exact) mass is 456 g/mol. The van der Waals surface area contributed by atoms with Crippen molar-refractivity contribution in [3.63, 3.8) is 0 Å². The number of sulfonamides is 1. The van der Waals surface area contributed by atoms with Crippen molar-refractivity contribution in [1.29, 1.82) is 0 Å². The van der Waals surface area contributed by atoms with Gasteiger partial charge in [0.25, 0.3) is 10.0 Å². The Bertz CT molecular complexity index is 1100. The summed E-state index contributed by atoms with van der Waals surface area (Å²) in [7, 11) is -8.96. The van der Waals surface area contributed by atoms with Crippen LogP contribution in [0, 0.1) is 0 Å². The molecule has 29 heavy (non-hydrogen) atoms. The van der Waals surface area contributed by atoms with Crippen molar-refractivity contribution in [1.82, 2.24) is 14.9 Å². The third kappa shape index (κ3) is 6.39. The molecule has 0 aliphatic rings. The first kappa shape index (κ1) is 21.5. The van der Waals surface area contributed by atoms with Gasteiger partial charge in [-0.05, 0) is 24.3 Å². The Labute approximate surface area is 171 Å². The Morgan fingerprint density at radius 3 is 2.52 bits per heavy atom. The molecule has 3 aromatic rings. The van der Waals surface area contributed by atoms with E-state index in [-0.39, 0.29) is 0 Å². The first-order valence-electron chi connectivity index (χ1n) is 8.26. The number of pyridine rings is 1. The van der Waals surface area contributed by atoms with Crippen molar-refractivity contribution in [3.8, 4) is 16.3 Å². The van der Waals surface area contributed by atoms with Gasteiger partial charge in [-0.15, -0.1) is 10.2 Å². The molecule has 2 aromatic heterocycles. The Morgan fingerprint density at radius 1 is 1.17 bits per heavy atom. The van der Waals surface area contributed by atoms with Crippen LogP contribution in [0.2, 0.25) is 0 Å². The van der Waals surface area contributed by atoms with Gasteiger partial charge in [-0.3, -0.25) is 0 Å². The maximum atomic E-state index is 12.0. The summed E-state index contributed by atoms with van der Waals surface area (Å²) >= 11 is 0.774. The Balaban J connectivity index is 1.61. The number of hydrogen-bond donors (Lipinski definition) is 2. The lowest BCUT2D eigenvalue weighted by molar-refractivity contribution is -0.697. The van der Waals surface area contributed by atoms with Gasteiger partial charge in [-0.2, -0.15) is 0 Å². The zero-order valence-corrected chi connectivity index (χ0v) is 17.4. The van der Waals surface area contributed by atoms with E-state index in [2.05, 4.69) is 10.2 Å². The molecular formula is C16H17N4O6PS2. The number of nitrogens with one attached hydrogen (secondary N) is 1. The molecule has 0 saturated carbocycles. The van der Waals surface area contributed by atoms with Crippen LogP contribution in [-0.2, 0) is 21.1 Å². The highest BCUT2D eigenvalue weighted by Crippen LogP contribution is 2.30. The predicted octanol–water partition coefficient (Wildman–Crippen LogP) is 0.353. The Morgan fingerprint density at radius 2 is 1.86 bits per heavy atom. The van der Waals surface area contributed by atoms with E-state index < -0.39 is 28.2 Å². The fourth-order valence-corrected chi connectivity index (χ4v) is 5.25. The van der Waals surface area contributed by atoms with Gasteiger partial charge < -0.3 is 19.1 Å². The van der Waals surface area contributed by atoms with Gasteiger partial charge in [-0.25, -0.2) is 17.7 Å². The van der Waals surface area contributed by atoms with Crippen LogP contribution in [0.3, 0.4) is 0 Å². The summed E-state index contributed by atoms with van der Waals surface area (Å²) in [5, 5.41) is 7.74. The summed E-state index contributed by atoms with van der Waals surface area (Å²) < 4.78 is 43.8. The minimum absolute atomic E-state index is 0.339. The average molecular weight is 456 g/mol. The van der Waals surface area contributed by atoms with Crippen LogP contribution < -0.4 is 18.9 Å². The molecule has 3 rings (SSSR count). The second-order valence-electron chi connectivity index (χ2n) is 5.80. The van der Waals surface area contributed by atoms with Crippen molar-refractivity contribution >= 4 is 29.0 Å². The molecule has 0 saturated heterocycles. The highest BCUT2D eigenvalue weighted by molar-refractivity contribution is 7.91. The van der Waals surface area contributed by atoms with E-state index >= 15 is 0 Å². The SMILES string of the molecule is O=P([O-])(O)CNS(=O)(=O)c1nnc(-c2ccc(OCC[n+]3ccccc3)cc2)s1. The quantitative estimate of drug-likeness (QED) is 0.347. The van der Waals surface area contributed by atoms with Gasteiger partial charge in [0, 0.05) is 17.7 Å². The zero-order chi connectivity index (χ0) is 20.9.